The summed E-state index contributed by atoms with van der Waals surface area (Å²) in [5, 5.41) is -0.311. The Morgan fingerprint density at radius 2 is 1.52 bits per heavy atom. The molecule has 8 nitrogen and oxygen atoms in total. The molecule has 1 aliphatic rings. The van der Waals surface area contributed by atoms with Gasteiger partial charge >= 0.3 is 21.6 Å². The molecule has 0 fully saturated rings. The number of carbonyl (C=O) groups is 1. The van der Waals surface area contributed by atoms with Crippen molar-refractivity contribution in [3.05, 3.63) is 58.9 Å². The summed E-state index contributed by atoms with van der Waals surface area (Å²) >= 11 is 0. The average Bonchev–Trinajstić information content (AvgIpc) is 3.29. The molecule has 0 radical (unpaired) electrons. The smallest absolute Gasteiger partial charge is 0.469 e. The maximum atomic E-state index is 13.7. The third kappa shape index (κ3) is 13.4. The third-order valence-corrected chi connectivity index (χ3v) is 20.6. The molecular weight excluding hydrogens is 730 g/mol. The number of ether oxygens (including phenoxy) is 2. The van der Waals surface area contributed by atoms with Crippen LogP contribution in [0.15, 0.2) is 47.7 Å². The Morgan fingerprint density at radius 3 is 2.08 bits per heavy atom. The van der Waals surface area contributed by atoms with Crippen LogP contribution in [0, 0.1) is 5.92 Å². The van der Waals surface area contributed by atoms with Crippen molar-refractivity contribution in [2.45, 2.75) is 153 Å². The molecule has 0 bridgehead atoms. The van der Waals surface area contributed by atoms with E-state index in [-0.39, 0.29) is 40.8 Å². The summed E-state index contributed by atoms with van der Waals surface area (Å²) < 4.78 is 94.7. The molecule has 52 heavy (non-hydrogen) atoms. The molecule has 0 saturated carbocycles. The second-order valence-electron chi connectivity index (χ2n) is 16.8. The van der Waals surface area contributed by atoms with Gasteiger partial charge in [-0.05, 0) is 72.2 Å². The van der Waals surface area contributed by atoms with Crippen LogP contribution in [0.1, 0.15) is 97.6 Å². The molecule has 1 aliphatic carbocycles. The monoisotopic (exact) mass is 792 g/mol. The van der Waals surface area contributed by atoms with Gasteiger partial charge < -0.3 is 22.5 Å². The van der Waals surface area contributed by atoms with E-state index in [9.17, 15) is 26.4 Å². The number of halogens is 3. The molecule has 2 rings (SSSR count). The fraction of sp³-hybridized carbons (Fsp3) is 0.711. The number of rotatable bonds is 19. The highest BCUT2D eigenvalue weighted by atomic mass is 32.2. The number of unbranched alkanes of at least 4 members (excludes halogenated alkanes) is 3. The van der Waals surface area contributed by atoms with Crippen LogP contribution in [0.25, 0.3) is 0 Å². The lowest BCUT2D eigenvalue weighted by molar-refractivity contribution is -0.140. The largest absolute Gasteiger partial charge is 0.534 e. The molecule has 0 saturated heterocycles. The van der Waals surface area contributed by atoms with Crippen LogP contribution in [0.3, 0.4) is 0 Å². The first-order valence-electron chi connectivity index (χ1n) is 18.1. The Balaban J connectivity index is 2.65. The zero-order valence-corrected chi connectivity index (χ0v) is 36.2. The lowest BCUT2D eigenvalue weighted by Gasteiger charge is -2.40. The summed E-state index contributed by atoms with van der Waals surface area (Å²) in [5.41, 5.74) is -3.03. The third-order valence-electron chi connectivity index (χ3n) is 10.6. The Hall–Kier alpha value is -1.98. The van der Waals surface area contributed by atoms with E-state index in [1.54, 1.807) is 7.11 Å². The van der Waals surface area contributed by atoms with E-state index in [1.165, 1.54) is 7.11 Å². The maximum absolute atomic E-state index is 13.7. The zero-order valence-electron chi connectivity index (χ0n) is 33.4. The molecule has 0 spiro atoms. The SMILES string of the molecule is COCc1cccc(C[C@@H](/C=C/[C@@H]2C(CCCCCCC(=O)OC)=C(OS(=O)(=O)C(F)(F)F)C[C@H]2O[Si](C)(C)C(C)(C)C)O[Si](C)(C)C(C)(C)C)c1. The number of methoxy groups -OCH3 is 2. The highest BCUT2D eigenvalue weighted by molar-refractivity contribution is 7.87. The summed E-state index contributed by atoms with van der Waals surface area (Å²) in [7, 11) is -7.73. The molecule has 1 aromatic carbocycles. The van der Waals surface area contributed by atoms with Gasteiger partial charge in [0.05, 0.1) is 25.9 Å². The number of benzene rings is 1. The van der Waals surface area contributed by atoms with Crippen LogP contribution in [0.5, 0.6) is 0 Å². The molecule has 3 atom stereocenters. The predicted molar refractivity (Wildman–Crippen MR) is 205 cm³/mol. The van der Waals surface area contributed by atoms with Crippen LogP contribution >= 0.6 is 0 Å². The Morgan fingerprint density at radius 1 is 0.923 bits per heavy atom. The van der Waals surface area contributed by atoms with Gasteiger partial charge in [-0.3, -0.25) is 4.79 Å². The average molecular weight is 793 g/mol. The molecule has 0 heterocycles. The quantitative estimate of drug-likeness (QED) is 0.0341. The van der Waals surface area contributed by atoms with E-state index in [2.05, 4.69) is 73.8 Å². The zero-order chi connectivity index (χ0) is 39.8. The Kier molecular flexibility index (Phi) is 16.5. The van der Waals surface area contributed by atoms with Gasteiger partial charge in [0.2, 0.25) is 0 Å². The Bertz CT molecular complexity index is 1490. The maximum Gasteiger partial charge on any atom is 0.534 e. The number of carbonyl (C=O) groups excluding carboxylic acids is 1. The van der Waals surface area contributed by atoms with Gasteiger partial charge in [0, 0.05) is 32.3 Å². The second-order valence-corrected chi connectivity index (χ2v) is 27.9. The molecule has 0 aliphatic heterocycles. The van der Waals surface area contributed by atoms with Crippen molar-refractivity contribution < 1.29 is 48.9 Å². The van der Waals surface area contributed by atoms with Gasteiger partial charge in [-0.2, -0.15) is 21.6 Å². The summed E-state index contributed by atoms with van der Waals surface area (Å²) in [6.07, 6.45) is 6.47. The van der Waals surface area contributed by atoms with Crippen LogP contribution < -0.4 is 0 Å². The van der Waals surface area contributed by atoms with Crippen molar-refractivity contribution in [1.29, 1.82) is 0 Å². The van der Waals surface area contributed by atoms with Crippen molar-refractivity contribution in [2.24, 2.45) is 5.92 Å². The van der Waals surface area contributed by atoms with Crippen LogP contribution in [-0.4, -0.2) is 63.0 Å². The fourth-order valence-electron chi connectivity index (χ4n) is 5.57. The van der Waals surface area contributed by atoms with Gasteiger partial charge in [0.25, 0.3) is 0 Å². The highest BCUT2D eigenvalue weighted by Gasteiger charge is 2.51. The Labute approximate surface area is 313 Å². The van der Waals surface area contributed by atoms with E-state index in [4.69, 9.17) is 22.5 Å². The predicted octanol–water partition coefficient (Wildman–Crippen LogP) is 10.4. The van der Waals surface area contributed by atoms with Crippen LogP contribution in [-0.2, 0) is 50.4 Å². The van der Waals surface area contributed by atoms with Gasteiger partial charge in [-0.1, -0.05) is 90.8 Å². The summed E-state index contributed by atoms with van der Waals surface area (Å²) in [6, 6.07) is 8.09. The fourth-order valence-corrected chi connectivity index (χ4v) is 8.72. The first-order valence-corrected chi connectivity index (χ1v) is 25.4. The van der Waals surface area contributed by atoms with Crippen LogP contribution in [0.4, 0.5) is 13.2 Å². The van der Waals surface area contributed by atoms with Crippen molar-refractivity contribution in [2.75, 3.05) is 14.2 Å². The van der Waals surface area contributed by atoms with Crippen LogP contribution in [0.2, 0.25) is 36.3 Å². The summed E-state index contributed by atoms with van der Waals surface area (Å²) in [5.74, 6) is -1.06. The van der Waals surface area contributed by atoms with Gasteiger partial charge in [-0.25, -0.2) is 0 Å². The number of hydrogen-bond donors (Lipinski definition) is 0. The lowest BCUT2D eigenvalue weighted by atomic mass is 9.93. The first-order chi connectivity index (χ1) is 23.7. The molecule has 0 amide bonds. The highest BCUT2D eigenvalue weighted by Crippen LogP contribution is 2.46. The van der Waals surface area contributed by atoms with E-state index < -0.39 is 44.3 Å². The number of alkyl halides is 3. The first kappa shape index (κ1) is 46.2. The van der Waals surface area contributed by atoms with Gasteiger partial charge in [0.15, 0.2) is 16.6 Å². The lowest BCUT2D eigenvalue weighted by Crippen LogP contribution is -2.45. The number of esters is 1. The molecule has 14 heteroatoms. The van der Waals surface area contributed by atoms with Crippen molar-refractivity contribution >= 4 is 32.7 Å². The molecule has 0 N–H and O–H groups in total. The van der Waals surface area contributed by atoms with Gasteiger partial charge in [0.1, 0.15) is 5.76 Å². The van der Waals surface area contributed by atoms with E-state index in [1.807, 2.05) is 30.4 Å². The van der Waals surface area contributed by atoms with Gasteiger partial charge in [-0.15, -0.1) is 0 Å². The van der Waals surface area contributed by atoms with E-state index >= 15 is 0 Å². The molecule has 0 unspecified atom stereocenters. The van der Waals surface area contributed by atoms with Crippen molar-refractivity contribution in [3.63, 3.8) is 0 Å². The summed E-state index contributed by atoms with van der Waals surface area (Å²) in [6.45, 7) is 21.7. The minimum atomic E-state index is -5.91. The normalized spacial score (nSPS) is 18.7. The topological polar surface area (TPSA) is 97.4 Å². The standard InChI is InChI=1S/C38H63F3O8SSi2/c1-36(2,3)51(9,10)48-30(25-28-18-17-19-29(24-28)27-45-7)22-23-32-31(20-15-13-14-16-21-35(42)46-8)33(47-50(43,44)38(39,40)41)26-34(32)49-52(11,12)37(4,5)6/h17-19,22-24,30,32,34H,13-16,20-21,25-27H2,1-12H3/b23-22+/t30-,32-,34-/m1/s1. The molecular formula is C38H63F3O8SSi2. The number of hydrogen-bond acceptors (Lipinski definition) is 8. The van der Waals surface area contributed by atoms with Crippen molar-refractivity contribution in [1.82, 2.24) is 0 Å². The molecule has 1 aromatic rings. The molecule has 0 aromatic heterocycles. The molecule has 298 valence electrons. The second kappa shape index (κ2) is 18.6. The van der Waals surface area contributed by atoms with E-state index in [0.717, 1.165) is 11.1 Å². The minimum Gasteiger partial charge on any atom is -0.469 e. The van der Waals surface area contributed by atoms with Crippen molar-refractivity contribution in [3.8, 4) is 0 Å². The van der Waals surface area contributed by atoms with E-state index in [0.29, 0.717) is 50.7 Å². The minimum absolute atomic E-state index is 0.0930. The summed E-state index contributed by atoms with van der Waals surface area (Å²) in [4.78, 5) is 11.6.